The van der Waals surface area contributed by atoms with Crippen LogP contribution < -0.4 is 5.73 Å². The highest BCUT2D eigenvalue weighted by Gasteiger charge is 2.27. The van der Waals surface area contributed by atoms with Crippen molar-refractivity contribution in [2.24, 2.45) is 0 Å². The van der Waals surface area contributed by atoms with E-state index in [-0.39, 0.29) is 23.3 Å². The number of alkyl halides is 3. The average molecular weight is 294 g/mol. The minimum absolute atomic E-state index is 0.0327. The summed E-state index contributed by atoms with van der Waals surface area (Å²) in [7, 11) is 0. The molecule has 2 aromatic rings. The molecule has 2 N–H and O–H groups in total. The number of fused-ring (bicyclic) bond motifs is 1. The summed E-state index contributed by atoms with van der Waals surface area (Å²) in [5.41, 5.74) is 3.14. The van der Waals surface area contributed by atoms with Crippen molar-refractivity contribution in [1.82, 2.24) is 4.98 Å². The SMILES string of the molecule is Nc1ccc2nc(SCCSC(F)(F)F)oc2c1. The van der Waals surface area contributed by atoms with Crippen LogP contribution in [0, 0.1) is 0 Å². The van der Waals surface area contributed by atoms with Crippen molar-refractivity contribution in [2.75, 3.05) is 17.2 Å². The molecule has 0 spiro atoms. The molecule has 1 heterocycles. The molecule has 0 saturated heterocycles. The number of rotatable bonds is 4. The van der Waals surface area contributed by atoms with Crippen LogP contribution in [0.25, 0.3) is 11.1 Å². The van der Waals surface area contributed by atoms with Gasteiger partial charge < -0.3 is 10.2 Å². The fraction of sp³-hybridized carbons (Fsp3) is 0.300. The Morgan fingerprint density at radius 2 is 2.06 bits per heavy atom. The van der Waals surface area contributed by atoms with E-state index in [4.69, 9.17) is 10.2 Å². The Bertz CT molecular complexity index is 541. The maximum atomic E-state index is 11.9. The van der Waals surface area contributed by atoms with Crippen LogP contribution in [-0.4, -0.2) is 22.0 Å². The lowest BCUT2D eigenvalue weighted by Crippen LogP contribution is -2.02. The maximum Gasteiger partial charge on any atom is 0.441 e. The van der Waals surface area contributed by atoms with Crippen LogP contribution in [0.1, 0.15) is 0 Å². The molecule has 2 rings (SSSR count). The van der Waals surface area contributed by atoms with Gasteiger partial charge in [-0.2, -0.15) is 13.2 Å². The lowest BCUT2D eigenvalue weighted by Gasteiger charge is -2.03. The van der Waals surface area contributed by atoms with Gasteiger partial charge in [0.2, 0.25) is 0 Å². The molecule has 0 radical (unpaired) electrons. The van der Waals surface area contributed by atoms with Crippen molar-refractivity contribution in [2.45, 2.75) is 10.7 Å². The summed E-state index contributed by atoms with van der Waals surface area (Å²) in [6.07, 6.45) is 0. The Labute approximate surface area is 109 Å². The van der Waals surface area contributed by atoms with E-state index in [9.17, 15) is 13.2 Å². The maximum absolute atomic E-state index is 11.9. The molecule has 3 nitrogen and oxygen atoms in total. The number of anilines is 1. The molecular weight excluding hydrogens is 285 g/mol. The summed E-state index contributed by atoms with van der Waals surface area (Å²) in [4.78, 5) is 4.14. The monoisotopic (exact) mass is 294 g/mol. The molecule has 18 heavy (non-hydrogen) atoms. The Morgan fingerprint density at radius 3 is 2.78 bits per heavy atom. The van der Waals surface area contributed by atoms with E-state index < -0.39 is 5.51 Å². The summed E-state index contributed by atoms with van der Waals surface area (Å²) in [6, 6.07) is 5.04. The van der Waals surface area contributed by atoms with Crippen LogP contribution in [0.5, 0.6) is 0 Å². The van der Waals surface area contributed by atoms with Crippen molar-refractivity contribution >= 4 is 40.3 Å². The second kappa shape index (κ2) is 5.31. The Morgan fingerprint density at radius 1 is 1.28 bits per heavy atom. The van der Waals surface area contributed by atoms with Gasteiger partial charge >= 0.3 is 5.51 Å². The molecule has 1 aromatic heterocycles. The molecule has 0 saturated carbocycles. The van der Waals surface area contributed by atoms with Crippen molar-refractivity contribution in [3.63, 3.8) is 0 Å². The molecular formula is C10H9F3N2OS2. The summed E-state index contributed by atoms with van der Waals surface area (Å²) in [5, 5.41) is 0.360. The van der Waals surface area contributed by atoms with Crippen LogP contribution in [-0.2, 0) is 0 Å². The first-order valence-corrected chi connectivity index (χ1v) is 6.91. The van der Waals surface area contributed by atoms with Crippen molar-refractivity contribution < 1.29 is 17.6 Å². The first-order chi connectivity index (χ1) is 8.44. The number of oxazole rings is 1. The van der Waals surface area contributed by atoms with Gasteiger partial charge in [-0.15, -0.1) is 0 Å². The van der Waals surface area contributed by atoms with Crippen LogP contribution in [0.15, 0.2) is 27.8 Å². The average Bonchev–Trinajstić information content (AvgIpc) is 2.65. The van der Waals surface area contributed by atoms with Gasteiger partial charge in [0.25, 0.3) is 5.22 Å². The van der Waals surface area contributed by atoms with Crippen LogP contribution in [0.3, 0.4) is 0 Å². The number of nitrogens with zero attached hydrogens (tertiary/aromatic N) is 1. The Kier molecular flexibility index (Phi) is 3.96. The van der Waals surface area contributed by atoms with E-state index in [0.29, 0.717) is 22.0 Å². The van der Waals surface area contributed by atoms with E-state index in [1.807, 2.05) is 0 Å². The van der Waals surface area contributed by atoms with Crippen LogP contribution >= 0.6 is 23.5 Å². The summed E-state index contributed by atoms with van der Waals surface area (Å²) >= 11 is 1.11. The van der Waals surface area contributed by atoms with Crippen molar-refractivity contribution in [3.05, 3.63) is 18.2 Å². The number of hydrogen-bond acceptors (Lipinski definition) is 5. The Balaban J connectivity index is 1.92. The highest BCUT2D eigenvalue weighted by atomic mass is 32.2. The van der Waals surface area contributed by atoms with E-state index in [1.54, 1.807) is 18.2 Å². The molecule has 0 aliphatic carbocycles. The summed E-state index contributed by atoms with van der Waals surface area (Å²) in [5.74, 6) is 0.251. The van der Waals surface area contributed by atoms with Gasteiger partial charge in [0.1, 0.15) is 5.52 Å². The van der Waals surface area contributed by atoms with Crippen molar-refractivity contribution in [3.8, 4) is 0 Å². The zero-order valence-electron chi connectivity index (χ0n) is 9.03. The molecule has 0 fully saturated rings. The lowest BCUT2D eigenvalue weighted by atomic mass is 10.3. The molecule has 0 aliphatic heterocycles. The van der Waals surface area contributed by atoms with Crippen LogP contribution in [0.2, 0.25) is 0 Å². The number of hydrogen-bond donors (Lipinski definition) is 1. The van der Waals surface area contributed by atoms with E-state index in [0.717, 1.165) is 11.8 Å². The minimum atomic E-state index is -4.18. The predicted molar refractivity (Wildman–Crippen MR) is 67.7 cm³/mol. The highest BCUT2D eigenvalue weighted by molar-refractivity contribution is 8.03. The molecule has 0 aliphatic rings. The third-order valence-corrected chi connectivity index (χ3v) is 3.79. The molecule has 0 bridgehead atoms. The van der Waals surface area contributed by atoms with Gasteiger partial charge in [0, 0.05) is 23.3 Å². The van der Waals surface area contributed by atoms with Gasteiger partial charge in [-0.3, -0.25) is 0 Å². The number of benzene rings is 1. The van der Waals surface area contributed by atoms with Crippen LogP contribution in [0.4, 0.5) is 18.9 Å². The quantitative estimate of drug-likeness (QED) is 0.528. The molecule has 8 heteroatoms. The third-order valence-electron chi connectivity index (χ3n) is 1.97. The highest BCUT2D eigenvalue weighted by Crippen LogP contribution is 2.32. The predicted octanol–water partition coefficient (Wildman–Crippen LogP) is 3.76. The lowest BCUT2D eigenvalue weighted by molar-refractivity contribution is -0.0326. The van der Waals surface area contributed by atoms with Crippen molar-refractivity contribution in [1.29, 1.82) is 0 Å². The smallest absolute Gasteiger partial charge is 0.431 e. The molecule has 1 aromatic carbocycles. The molecule has 0 atom stereocenters. The van der Waals surface area contributed by atoms with Gasteiger partial charge in [-0.05, 0) is 12.1 Å². The van der Waals surface area contributed by atoms with Gasteiger partial charge in [0.05, 0.1) is 0 Å². The first-order valence-electron chi connectivity index (χ1n) is 4.93. The number of thioether (sulfide) groups is 2. The zero-order valence-corrected chi connectivity index (χ0v) is 10.7. The number of aromatic nitrogens is 1. The molecule has 98 valence electrons. The van der Waals surface area contributed by atoms with Gasteiger partial charge in [-0.25, -0.2) is 4.98 Å². The molecule has 0 amide bonds. The standard InChI is InChI=1S/C10H9F3N2OS2/c11-10(12,13)18-4-3-17-9-15-7-2-1-6(14)5-8(7)16-9/h1-2,5H,3-4,14H2. The summed E-state index contributed by atoms with van der Waals surface area (Å²) < 4.78 is 41.0. The van der Waals surface area contributed by atoms with E-state index in [2.05, 4.69) is 4.98 Å². The zero-order chi connectivity index (χ0) is 13.2. The number of nitrogen functional groups attached to an aromatic ring is 1. The first kappa shape index (κ1) is 13.4. The Hall–Kier alpha value is -1.02. The van der Waals surface area contributed by atoms with Gasteiger partial charge in [-0.1, -0.05) is 23.5 Å². The summed E-state index contributed by atoms with van der Waals surface area (Å²) in [6.45, 7) is 0. The minimum Gasteiger partial charge on any atom is -0.431 e. The fourth-order valence-electron chi connectivity index (χ4n) is 1.27. The normalized spacial score (nSPS) is 12.2. The van der Waals surface area contributed by atoms with Gasteiger partial charge in [0.15, 0.2) is 5.58 Å². The largest absolute Gasteiger partial charge is 0.441 e. The van der Waals surface area contributed by atoms with E-state index in [1.165, 1.54) is 0 Å². The topological polar surface area (TPSA) is 52.0 Å². The number of nitrogens with two attached hydrogens (primary N) is 1. The second-order valence-corrected chi connectivity index (χ2v) is 5.56. The second-order valence-electron chi connectivity index (χ2n) is 3.35. The third kappa shape index (κ3) is 3.74. The fourth-order valence-corrected chi connectivity index (χ4v) is 2.65. The van der Waals surface area contributed by atoms with E-state index >= 15 is 0 Å². The molecule has 0 unspecified atom stereocenters. The number of halogens is 3.